The SMILES string of the molecule is COC1(C(N)Cc2nccs2)CCC1. The van der Waals surface area contributed by atoms with Gasteiger partial charge in [0.15, 0.2) is 0 Å². The van der Waals surface area contributed by atoms with Crippen molar-refractivity contribution in [2.45, 2.75) is 37.3 Å². The second kappa shape index (κ2) is 3.96. The molecule has 1 heterocycles. The van der Waals surface area contributed by atoms with E-state index in [2.05, 4.69) is 4.98 Å². The third-order valence-electron chi connectivity index (χ3n) is 3.16. The van der Waals surface area contributed by atoms with E-state index < -0.39 is 0 Å². The molecule has 0 aromatic carbocycles. The summed E-state index contributed by atoms with van der Waals surface area (Å²) in [7, 11) is 1.76. The highest BCUT2D eigenvalue weighted by Crippen LogP contribution is 2.38. The van der Waals surface area contributed by atoms with Crippen molar-refractivity contribution in [3.63, 3.8) is 0 Å². The van der Waals surface area contributed by atoms with E-state index in [4.69, 9.17) is 10.5 Å². The van der Waals surface area contributed by atoms with Gasteiger partial charge in [-0.05, 0) is 19.3 Å². The molecule has 1 aliphatic carbocycles. The Morgan fingerprint density at radius 3 is 2.93 bits per heavy atom. The van der Waals surface area contributed by atoms with Gasteiger partial charge in [0.05, 0.1) is 10.6 Å². The van der Waals surface area contributed by atoms with E-state index in [-0.39, 0.29) is 11.6 Å². The Labute approximate surface area is 88.3 Å². The molecule has 2 rings (SSSR count). The van der Waals surface area contributed by atoms with Crippen LogP contribution in [0, 0.1) is 0 Å². The summed E-state index contributed by atoms with van der Waals surface area (Å²) < 4.78 is 5.54. The van der Waals surface area contributed by atoms with Crippen molar-refractivity contribution in [3.05, 3.63) is 16.6 Å². The molecule has 0 amide bonds. The summed E-state index contributed by atoms with van der Waals surface area (Å²) in [6.07, 6.45) is 6.09. The fourth-order valence-electron chi connectivity index (χ4n) is 1.98. The van der Waals surface area contributed by atoms with Crippen LogP contribution in [0.1, 0.15) is 24.3 Å². The van der Waals surface area contributed by atoms with Gasteiger partial charge < -0.3 is 10.5 Å². The number of nitrogens with two attached hydrogens (primary N) is 1. The minimum Gasteiger partial charge on any atom is -0.377 e. The van der Waals surface area contributed by atoms with Crippen LogP contribution in [0.5, 0.6) is 0 Å². The van der Waals surface area contributed by atoms with Gasteiger partial charge in [0, 0.05) is 31.1 Å². The van der Waals surface area contributed by atoms with Gasteiger partial charge in [-0.2, -0.15) is 0 Å². The van der Waals surface area contributed by atoms with E-state index in [0.29, 0.717) is 0 Å². The van der Waals surface area contributed by atoms with E-state index in [1.165, 1.54) is 6.42 Å². The lowest BCUT2D eigenvalue weighted by Gasteiger charge is -2.44. The average Bonchev–Trinajstić information content (AvgIpc) is 2.55. The van der Waals surface area contributed by atoms with Crippen molar-refractivity contribution in [3.8, 4) is 0 Å². The quantitative estimate of drug-likeness (QED) is 0.824. The molecule has 1 atom stereocenters. The van der Waals surface area contributed by atoms with Crippen LogP contribution in [-0.2, 0) is 11.2 Å². The summed E-state index contributed by atoms with van der Waals surface area (Å²) >= 11 is 1.67. The van der Waals surface area contributed by atoms with Gasteiger partial charge in [-0.25, -0.2) is 4.98 Å². The molecule has 1 aromatic heterocycles. The lowest BCUT2D eigenvalue weighted by Crippen LogP contribution is -2.55. The second-order valence-electron chi connectivity index (χ2n) is 3.86. The highest BCUT2D eigenvalue weighted by molar-refractivity contribution is 7.09. The van der Waals surface area contributed by atoms with Crippen molar-refractivity contribution in [1.29, 1.82) is 0 Å². The molecule has 1 saturated carbocycles. The molecule has 1 fully saturated rings. The molecule has 4 heteroatoms. The van der Waals surface area contributed by atoms with Gasteiger partial charge in [-0.15, -0.1) is 11.3 Å². The van der Waals surface area contributed by atoms with Crippen molar-refractivity contribution in [1.82, 2.24) is 4.98 Å². The summed E-state index contributed by atoms with van der Waals surface area (Å²) in [5.41, 5.74) is 6.09. The molecule has 1 aromatic rings. The number of thiazole rings is 1. The molecule has 78 valence electrons. The molecule has 0 spiro atoms. The smallest absolute Gasteiger partial charge is 0.0941 e. The number of nitrogens with zero attached hydrogens (tertiary/aromatic N) is 1. The Balaban J connectivity index is 1.98. The number of methoxy groups -OCH3 is 1. The molecule has 0 radical (unpaired) electrons. The Kier molecular flexibility index (Phi) is 2.85. The van der Waals surface area contributed by atoms with Gasteiger partial charge in [0.2, 0.25) is 0 Å². The summed E-state index contributed by atoms with van der Waals surface area (Å²) in [4.78, 5) is 4.25. The van der Waals surface area contributed by atoms with Crippen molar-refractivity contribution < 1.29 is 4.74 Å². The standard InChI is InChI=1S/C10H16N2OS/c1-13-10(3-2-4-10)8(11)7-9-12-5-6-14-9/h5-6,8H,2-4,7,11H2,1H3. The lowest BCUT2D eigenvalue weighted by molar-refractivity contribution is -0.0897. The van der Waals surface area contributed by atoms with Crippen molar-refractivity contribution in [2.75, 3.05) is 7.11 Å². The third kappa shape index (κ3) is 1.69. The molecular weight excluding hydrogens is 196 g/mol. The zero-order valence-electron chi connectivity index (χ0n) is 8.40. The molecule has 2 N–H and O–H groups in total. The monoisotopic (exact) mass is 212 g/mol. The number of rotatable bonds is 4. The highest BCUT2D eigenvalue weighted by Gasteiger charge is 2.42. The largest absolute Gasteiger partial charge is 0.377 e. The van der Waals surface area contributed by atoms with Gasteiger partial charge >= 0.3 is 0 Å². The molecular formula is C10H16N2OS. The summed E-state index contributed by atoms with van der Waals surface area (Å²) in [6, 6.07) is 0.0902. The van der Waals surface area contributed by atoms with Crippen LogP contribution >= 0.6 is 11.3 Å². The first kappa shape index (κ1) is 10.1. The zero-order valence-corrected chi connectivity index (χ0v) is 9.22. The Bertz CT molecular complexity index is 277. The van der Waals surface area contributed by atoms with E-state index in [9.17, 15) is 0 Å². The first-order chi connectivity index (χ1) is 6.77. The van der Waals surface area contributed by atoms with Crippen LogP contribution in [0.4, 0.5) is 0 Å². The number of ether oxygens (including phenoxy) is 1. The van der Waals surface area contributed by atoms with Gasteiger partial charge in [0.25, 0.3) is 0 Å². The van der Waals surface area contributed by atoms with Crippen molar-refractivity contribution in [2.24, 2.45) is 5.73 Å². The predicted molar refractivity (Wildman–Crippen MR) is 57.4 cm³/mol. The number of hydrogen-bond acceptors (Lipinski definition) is 4. The molecule has 0 aliphatic heterocycles. The number of hydrogen-bond donors (Lipinski definition) is 1. The van der Waals surface area contributed by atoms with E-state index >= 15 is 0 Å². The van der Waals surface area contributed by atoms with Crippen LogP contribution in [0.15, 0.2) is 11.6 Å². The third-order valence-corrected chi connectivity index (χ3v) is 3.96. The zero-order chi connectivity index (χ0) is 10.0. The molecule has 0 saturated heterocycles. The molecule has 3 nitrogen and oxygen atoms in total. The molecule has 14 heavy (non-hydrogen) atoms. The van der Waals surface area contributed by atoms with E-state index in [1.54, 1.807) is 18.4 Å². The Morgan fingerprint density at radius 2 is 2.50 bits per heavy atom. The van der Waals surface area contributed by atoms with E-state index in [0.717, 1.165) is 24.3 Å². The molecule has 0 bridgehead atoms. The predicted octanol–water partition coefficient (Wildman–Crippen LogP) is 1.58. The number of aromatic nitrogens is 1. The van der Waals surface area contributed by atoms with Crippen LogP contribution in [0.2, 0.25) is 0 Å². The molecule has 1 unspecified atom stereocenters. The summed E-state index contributed by atoms with van der Waals surface area (Å²) in [5.74, 6) is 0. The van der Waals surface area contributed by atoms with Crippen LogP contribution in [0.3, 0.4) is 0 Å². The highest BCUT2D eigenvalue weighted by atomic mass is 32.1. The first-order valence-corrected chi connectivity index (χ1v) is 5.84. The van der Waals surface area contributed by atoms with Crippen molar-refractivity contribution >= 4 is 11.3 Å². The fourth-order valence-corrected chi connectivity index (χ4v) is 2.66. The minimum atomic E-state index is -0.0638. The maximum Gasteiger partial charge on any atom is 0.0941 e. The van der Waals surface area contributed by atoms with Gasteiger partial charge in [-0.1, -0.05) is 0 Å². The van der Waals surface area contributed by atoms with Crippen LogP contribution in [-0.4, -0.2) is 23.7 Å². The first-order valence-electron chi connectivity index (χ1n) is 4.96. The second-order valence-corrected chi connectivity index (χ2v) is 4.84. The molecule has 1 aliphatic rings. The lowest BCUT2D eigenvalue weighted by atomic mass is 9.74. The van der Waals surface area contributed by atoms with Crippen LogP contribution in [0.25, 0.3) is 0 Å². The van der Waals surface area contributed by atoms with Gasteiger partial charge in [0.1, 0.15) is 0 Å². The van der Waals surface area contributed by atoms with Gasteiger partial charge in [-0.3, -0.25) is 0 Å². The maximum absolute atomic E-state index is 6.16. The maximum atomic E-state index is 6.16. The minimum absolute atomic E-state index is 0.0638. The average molecular weight is 212 g/mol. The Hall–Kier alpha value is -0.450. The summed E-state index contributed by atoms with van der Waals surface area (Å²) in [5, 5.41) is 3.10. The van der Waals surface area contributed by atoms with E-state index in [1.807, 2.05) is 11.6 Å². The summed E-state index contributed by atoms with van der Waals surface area (Å²) in [6.45, 7) is 0. The normalized spacial score (nSPS) is 21.6. The van der Waals surface area contributed by atoms with Crippen LogP contribution < -0.4 is 5.73 Å². The fraction of sp³-hybridized carbons (Fsp3) is 0.700. The topological polar surface area (TPSA) is 48.1 Å². The Morgan fingerprint density at radius 1 is 1.71 bits per heavy atom.